The van der Waals surface area contributed by atoms with Crippen molar-refractivity contribution in [2.45, 2.75) is 5.50 Å². The van der Waals surface area contributed by atoms with E-state index in [9.17, 15) is 29.4 Å². The summed E-state index contributed by atoms with van der Waals surface area (Å²) < 4.78 is 0. The van der Waals surface area contributed by atoms with Crippen molar-refractivity contribution in [3.05, 3.63) is 0 Å². The van der Waals surface area contributed by atoms with Crippen molar-refractivity contribution in [3.8, 4) is 0 Å². The number of nitrogens with zero attached hydrogens (tertiary/aromatic N) is 2. The zero-order chi connectivity index (χ0) is 16.6. The Hall–Kier alpha value is 0.0900. The van der Waals surface area contributed by atoms with E-state index in [0.717, 1.165) is 9.80 Å². The summed E-state index contributed by atoms with van der Waals surface area (Å²) in [6.45, 7) is -3.34. The Kier molecular flexibility index (Phi) is 17.5. The minimum absolute atomic E-state index is 0. The first-order valence-electron chi connectivity index (χ1n) is 5.55. The largest absolute Gasteiger partial charge is 1.00 e. The van der Waals surface area contributed by atoms with Gasteiger partial charge in [-0.3, -0.25) is 19.4 Å². The van der Waals surface area contributed by atoms with Crippen molar-refractivity contribution in [1.29, 1.82) is 0 Å². The van der Waals surface area contributed by atoms with Gasteiger partial charge in [0.05, 0.1) is 30.5 Å². The molecule has 0 saturated carbocycles. The van der Waals surface area contributed by atoms with Crippen LogP contribution in [0.25, 0.3) is 0 Å². The Bertz CT molecular complexity index is 394. The van der Waals surface area contributed by atoms with Crippen molar-refractivity contribution in [3.63, 3.8) is 0 Å². The molecule has 0 radical (unpaired) electrons. The standard InChI is InChI=1S/C10H15ClN2O8.2Na/c11-6(13(4-9(18)19)5-10(20)21)1-12(2-7(14)15)3-8(16)17;;/h6H,1-5H2,(H,14,15)(H,16,17)(H,18,19)(H,20,21);;/q;2*+1/p-2. The van der Waals surface area contributed by atoms with E-state index in [1.807, 2.05) is 0 Å². The maximum atomic E-state index is 10.6. The number of halogens is 1. The Morgan fingerprint density at radius 3 is 1.65 bits per heavy atom. The van der Waals surface area contributed by atoms with E-state index in [4.69, 9.17) is 21.8 Å². The van der Waals surface area contributed by atoms with Crippen molar-refractivity contribution in [2.24, 2.45) is 0 Å². The topological polar surface area (TPSA) is 161 Å². The second-order valence-corrected chi connectivity index (χ2v) is 4.54. The molecule has 10 nitrogen and oxygen atoms in total. The summed E-state index contributed by atoms with van der Waals surface area (Å²) >= 11 is 5.82. The van der Waals surface area contributed by atoms with Gasteiger partial charge in [0.1, 0.15) is 0 Å². The number of hydrogen-bond acceptors (Lipinski definition) is 8. The molecule has 0 rings (SSSR count). The van der Waals surface area contributed by atoms with E-state index in [2.05, 4.69) is 0 Å². The normalized spacial score (nSPS) is 11.3. The van der Waals surface area contributed by atoms with Crippen LogP contribution in [0.2, 0.25) is 0 Å². The molecule has 0 saturated heterocycles. The van der Waals surface area contributed by atoms with Gasteiger partial charge in [-0.25, -0.2) is 0 Å². The van der Waals surface area contributed by atoms with E-state index in [0.29, 0.717) is 0 Å². The number of carbonyl (C=O) groups is 4. The van der Waals surface area contributed by atoms with E-state index in [1.54, 1.807) is 0 Å². The van der Waals surface area contributed by atoms with Gasteiger partial charge in [-0.15, -0.1) is 11.6 Å². The fourth-order valence-corrected chi connectivity index (χ4v) is 1.81. The van der Waals surface area contributed by atoms with Crippen LogP contribution < -0.4 is 69.3 Å². The van der Waals surface area contributed by atoms with Crippen LogP contribution in [-0.2, 0) is 19.2 Å². The molecule has 120 valence electrons. The van der Waals surface area contributed by atoms with Crippen LogP contribution in [0.5, 0.6) is 0 Å². The minimum Gasteiger partial charge on any atom is -0.549 e. The summed E-state index contributed by atoms with van der Waals surface area (Å²) in [7, 11) is 0. The number of aliphatic carboxylic acids is 4. The zero-order valence-electron chi connectivity index (χ0n) is 12.7. The van der Waals surface area contributed by atoms with E-state index in [1.165, 1.54) is 0 Å². The average Bonchev–Trinajstić information content (AvgIpc) is 2.24. The molecule has 0 aromatic rings. The summed E-state index contributed by atoms with van der Waals surface area (Å²) in [5, 5.41) is 38.3. The number of carboxylic acid groups (broad SMARTS) is 4. The van der Waals surface area contributed by atoms with Crippen LogP contribution in [0.3, 0.4) is 0 Å². The molecule has 0 aromatic heterocycles. The number of alkyl halides is 1. The van der Waals surface area contributed by atoms with Crippen molar-refractivity contribution >= 4 is 35.5 Å². The molecule has 0 aliphatic carbocycles. The SMILES string of the molecule is O=C([O-])CN(CC(=O)O)CC(Cl)N(CC(=O)[O-])CC(=O)O.[Na+].[Na+]. The molecule has 0 aromatic carbocycles. The predicted molar refractivity (Wildman–Crippen MR) is 62.9 cm³/mol. The van der Waals surface area contributed by atoms with Crippen molar-refractivity contribution < 1.29 is 98.7 Å². The van der Waals surface area contributed by atoms with Crippen LogP contribution in [0, 0.1) is 0 Å². The summed E-state index contributed by atoms with van der Waals surface area (Å²) in [5.74, 6) is -5.81. The average molecular weight is 371 g/mol. The quantitative estimate of drug-likeness (QED) is 0.203. The molecule has 0 heterocycles. The molecular weight excluding hydrogens is 358 g/mol. The molecule has 1 atom stereocenters. The molecule has 0 amide bonds. The second-order valence-electron chi connectivity index (χ2n) is 4.04. The molecule has 2 N–H and O–H groups in total. The monoisotopic (exact) mass is 370 g/mol. The van der Waals surface area contributed by atoms with E-state index >= 15 is 0 Å². The van der Waals surface area contributed by atoms with Gasteiger partial charge >= 0.3 is 71.1 Å². The Labute approximate surface area is 180 Å². The van der Waals surface area contributed by atoms with Gasteiger partial charge in [0.2, 0.25) is 0 Å². The van der Waals surface area contributed by atoms with Crippen LogP contribution in [0.4, 0.5) is 0 Å². The maximum Gasteiger partial charge on any atom is 1.00 e. The number of carbonyl (C=O) groups excluding carboxylic acids is 2. The Morgan fingerprint density at radius 2 is 1.30 bits per heavy atom. The van der Waals surface area contributed by atoms with Crippen molar-refractivity contribution in [1.82, 2.24) is 9.80 Å². The van der Waals surface area contributed by atoms with Gasteiger partial charge in [0.15, 0.2) is 0 Å². The molecule has 0 fully saturated rings. The van der Waals surface area contributed by atoms with Gasteiger partial charge in [0.25, 0.3) is 0 Å². The van der Waals surface area contributed by atoms with Crippen molar-refractivity contribution in [2.75, 3.05) is 32.7 Å². The third-order valence-corrected chi connectivity index (χ3v) is 2.60. The molecule has 1 unspecified atom stereocenters. The van der Waals surface area contributed by atoms with Crippen LogP contribution in [0.1, 0.15) is 0 Å². The second kappa shape index (κ2) is 14.4. The number of hydrogen-bond donors (Lipinski definition) is 2. The third kappa shape index (κ3) is 15.4. The van der Waals surface area contributed by atoms with Gasteiger partial charge in [-0.1, -0.05) is 0 Å². The summed E-state index contributed by atoms with van der Waals surface area (Å²) in [6.07, 6.45) is 0. The summed E-state index contributed by atoms with van der Waals surface area (Å²) in [4.78, 5) is 43.9. The van der Waals surface area contributed by atoms with Gasteiger partial charge < -0.3 is 30.0 Å². The molecular formula is C10H13ClN2Na2O8. The predicted octanol–water partition coefficient (Wildman–Crippen LogP) is -10.2. The molecule has 0 aliphatic heterocycles. The van der Waals surface area contributed by atoms with Gasteiger partial charge in [0, 0.05) is 19.6 Å². The smallest absolute Gasteiger partial charge is 0.549 e. The molecule has 13 heteroatoms. The first-order valence-corrected chi connectivity index (χ1v) is 5.99. The summed E-state index contributed by atoms with van der Waals surface area (Å²) in [5.41, 5.74) is -1.24. The first-order chi connectivity index (χ1) is 9.61. The molecule has 0 bridgehead atoms. The van der Waals surface area contributed by atoms with Crippen LogP contribution in [0.15, 0.2) is 0 Å². The Morgan fingerprint density at radius 1 is 0.870 bits per heavy atom. The van der Waals surface area contributed by atoms with Crippen LogP contribution in [-0.4, -0.2) is 82.1 Å². The van der Waals surface area contributed by atoms with Gasteiger partial charge in [-0.05, 0) is 0 Å². The van der Waals surface area contributed by atoms with E-state index < -0.39 is 55.6 Å². The van der Waals surface area contributed by atoms with Gasteiger partial charge in [-0.2, -0.15) is 0 Å². The number of rotatable bonds is 11. The van der Waals surface area contributed by atoms with Crippen LogP contribution >= 0.6 is 11.6 Å². The van der Waals surface area contributed by atoms with E-state index in [-0.39, 0.29) is 65.7 Å². The molecule has 0 aliphatic rings. The molecule has 23 heavy (non-hydrogen) atoms. The number of carboxylic acids is 4. The Balaban J connectivity index is -0.00000200. The molecule has 0 spiro atoms. The third-order valence-electron chi connectivity index (χ3n) is 2.19. The fourth-order valence-electron chi connectivity index (χ4n) is 1.48. The fraction of sp³-hybridized carbons (Fsp3) is 0.600. The minimum atomic E-state index is -1.58. The zero-order valence-corrected chi connectivity index (χ0v) is 17.5. The summed E-state index contributed by atoms with van der Waals surface area (Å²) in [6, 6.07) is 0. The maximum absolute atomic E-state index is 10.6. The first kappa shape index (κ1) is 27.9.